The number of amides is 1. The van der Waals surface area contributed by atoms with Crippen molar-refractivity contribution in [3.8, 4) is 0 Å². The van der Waals surface area contributed by atoms with E-state index in [9.17, 15) is 14.7 Å². The number of piperidine rings is 1. The molecule has 0 saturated carbocycles. The summed E-state index contributed by atoms with van der Waals surface area (Å²) in [6.07, 6.45) is -3.46. The van der Waals surface area contributed by atoms with Gasteiger partial charge < -0.3 is 38.4 Å². The first-order valence-electron chi connectivity index (χ1n) is 12.8. The summed E-state index contributed by atoms with van der Waals surface area (Å²) >= 11 is 0. The van der Waals surface area contributed by atoms with E-state index in [-0.39, 0.29) is 12.3 Å². The molecule has 1 N–H and O–H groups in total. The molecule has 0 aliphatic carbocycles. The molecule has 0 spiro atoms. The lowest BCUT2D eigenvalue weighted by Gasteiger charge is -2.61. The molecule has 10 heteroatoms. The second-order valence-corrected chi connectivity index (χ2v) is 11.2. The molecule has 0 radical (unpaired) electrons. The number of rotatable bonds is 6. The summed E-state index contributed by atoms with van der Waals surface area (Å²) in [5.74, 6) is -3.46. The van der Waals surface area contributed by atoms with Gasteiger partial charge in [-0.05, 0) is 33.3 Å². The number of aliphatic hydroxyl groups is 1. The van der Waals surface area contributed by atoms with Crippen molar-refractivity contribution in [2.45, 2.75) is 94.2 Å². The lowest BCUT2D eigenvalue weighted by atomic mass is 9.64. The first-order valence-corrected chi connectivity index (χ1v) is 12.8. The Morgan fingerprint density at radius 2 is 1.70 bits per heavy atom. The van der Waals surface area contributed by atoms with Gasteiger partial charge in [-0.15, -0.1) is 0 Å². The Labute approximate surface area is 217 Å². The molecule has 0 bridgehead atoms. The summed E-state index contributed by atoms with van der Waals surface area (Å²) in [6.45, 7) is 7.60. The molecular weight excluding hydrogens is 482 g/mol. The van der Waals surface area contributed by atoms with Gasteiger partial charge in [-0.1, -0.05) is 30.3 Å². The van der Waals surface area contributed by atoms with Crippen molar-refractivity contribution < 1.29 is 43.1 Å². The number of esters is 1. The number of nitrogens with zero attached hydrogens (tertiary/aromatic N) is 1. The van der Waals surface area contributed by atoms with Gasteiger partial charge in [0.05, 0.1) is 38.3 Å². The number of fused-ring (bicyclic) bond motifs is 1. The third kappa shape index (κ3) is 4.57. The van der Waals surface area contributed by atoms with E-state index in [0.717, 1.165) is 5.56 Å². The molecule has 9 atom stereocenters. The van der Waals surface area contributed by atoms with Crippen LogP contribution in [0.1, 0.15) is 45.6 Å². The molecular formula is C27H37NO9. The van der Waals surface area contributed by atoms with E-state index in [0.29, 0.717) is 6.61 Å². The Hall–Kier alpha value is -2.08. The lowest BCUT2D eigenvalue weighted by molar-refractivity contribution is -0.222. The second kappa shape index (κ2) is 9.59. The fraction of sp³-hybridized carbons (Fsp3) is 0.704. The third-order valence-electron chi connectivity index (χ3n) is 8.03. The van der Waals surface area contributed by atoms with Crippen LogP contribution in [0, 0.1) is 5.92 Å². The molecule has 4 aliphatic rings. The topological polar surface area (TPSA) is 113 Å². The van der Waals surface area contributed by atoms with E-state index < -0.39 is 72.0 Å². The summed E-state index contributed by atoms with van der Waals surface area (Å²) in [5.41, 5.74) is 0.860. The van der Waals surface area contributed by atoms with E-state index in [4.69, 9.17) is 28.4 Å². The van der Waals surface area contributed by atoms with Crippen LogP contribution in [0.15, 0.2) is 30.3 Å². The van der Waals surface area contributed by atoms with Crippen LogP contribution in [-0.4, -0.2) is 96.9 Å². The van der Waals surface area contributed by atoms with Gasteiger partial charge in [0.2, 0.25) is 0 Å². The van der Waals surface area contributed by atoms with Gasteiger partial charge in [-0.25, -0.2) is 0 Å². The highest BCUT2D eigenvalue weighted by atomic mass is 16.8. The van der Waals surface area contributed by atoms with Crippen LogP contribution in [-0.2, 0) is 38.0 Å². The zero-order valence-corrected chi connectivity index (χ0v) is 22.2. The van der Waals surface area contributed by atoms with Crippen molar-refractivity contribution in [1.29, 1.82) is 0 Å². The summed E-state index contributed by atoms with van der Waals surface area (Å²) in [7, 11) is 2.80. The number of β-lactam (4-membered cyclic amide) rings is 1. The van der Waals surface area contributed by atoms with Crippen molar-refractivity contribution in [3.05, 3.63) is 35.9 Å². The summed E-state index contributed by atoms with van der Waals surface area (Å²) in [4.78, 5) is 27.8. The number of carbonyl (C=O) groups is 2. The Morgan fingerprint density at radius 1 is 1.03 bits per heavy atom. The maximum absolute atomic E-state index is 13.4. The maximum atomic E-state index is 13.4. The fourth-order valence-corrected chi connectivity index (χ4v) is 6.61. The van der Waals surface area contributed by atoms with Crippen LogP contribution in [0.4, 0.5) is 0 Å². The third-order valence-corrected chi connectivity index (χ3v) is 8.03. The quantitative estimate of drug-likeness (QED) is 0.442. The highest BCUT2D eigenvalue weighted by molar-refractivity contribution is 5.89. The number of hydrogen-bond donors (Lipinski definition) is 1. The van der Waals surface area contributed by atoms with E-state index >= 15 is 0 Å². The van der Waals surface area contributed by atoms with Gasteiger partial charge in [0.25, 0.3) is 5.91 Å². The molecule has 4 saturated heterocycles. The predicted octanol–water partition coefficient (Wildman–Crippen LogP) is 1.59. The normalized spacial score (nSPS) is 40.2. The van der Waals surface area contributed by atoms with Gasteiger partial charge in [-0.2, -0.15) is 0 Å². The zero-order chi connectivity index (χ0) is 26.7. The van der Waals surface area contributed by atoms with Gasteiger partial charge in [0, 0.05) is 18.9 Å². The molecule has 1 aromatic rings. The molecule has 1 aromatic carbocycles. The molecule has 5 rings (SSSR count). The lowest BCUT2D eigenvalue weighted by Crippen LogP contribution is -2.79. The average molecular weight is 520 g/mol. The largest absolute Gasteiger partial charge is 0.469 e. The Kier molecular flexibility index (Phi) is 6.87. The minimum atomic E-state index is -0.969. The van der Waals surface area contributed by atoms with Gasteiger partial charge in [-0.3, -0.25) is 9.59 Å². The van der Waals surface area contributed by atoms with Gasteiger partial charge in [0.15, 0.2) is 17.7 Å². The maximum Gasteiger partial charge on any atom is 0.305 e. The summed E-state index contributed by atoms with van der Waals surface area (Å²) in [6, 6.07) is 8.32. The van der Waals surface area contributed by atoms with Crippen LogP contribution in [0.25, 0.3) is 0 Å². The van der Waals surface area contributed by atoms with Crippen molar-refractivity contribution >= 4 is 11.9 Å². The number of aliphatic hydroxyl groups excluding tert-OH is 1. The molecule has 4 fully saturated rings. The minimum absolute atomic E-state index is 0.0214. The molecule has 0 unspecified atom stereocenters. The van der Waals surface area contributed by atoms with Crippen molar-refractivity contribution in [2.75, 3.05) is 20.8 Å². The summed E-state index contributed by atoms with van der Waals surface area (Å²) < 4.78 is 35.4. The number of benzene rings is 1. The number of methoxy groups -OCH3 is 2. The molecule has 1 amide bonds. The van der Waals surface area contributed by atoms with E-state index in [1.165, 1.54) is 14.2 Å². The van der Waals surface area contributed by atoms with Crippen LogP contribution >= 0.6 is 0 Å². The predicted molar refractivity (Wildman–Crippen MR) is 129 cm³/mol. The monoisotopic (exact) mass is 519 g/mol. The highest BCUT2D eigenvalue weighted by Gasteiger charge is 2.67. The van der Waals surface area contributed by atoms with Crippen molar-refractivity contribution in [1.82, 2.24) is 4.90 Å². The summed E-state index contributed by atoms with van der Waals surface area (Å²) in [5, 5.41) is 11.7. The molecule has 37 heavy (non-hydrogen) atoms. The average Bonchev–Trinajstić information content (AvgIpc) is 3.37. The van der Waals surface area contributed by atoms with Crippen LogP contribution in [0.2, 0.25) is 0 Å². The standard InChI is InChI=1S/C27H37NO9/c1-26(2)34-13-16(35-26)22-23(37-27(3,4)36-22)19-15(12-17(29)32-5)18(14-10-8-7-9-11-14)21(30)20-24(33-6)25(31)28(19)20/h7-11,15-16,18-24,30H,12-13H2,1-6H3/t15-,16-,18+,19+,20-,21-,22-,23-,24+/m1/s1. The first kappa shape index (κ1) is 26.5. The van der Waals surface area contributed by atoms with Crippen LogP contribution < -0.4 is 0 Å². The Bertz CT molecular complexity index is 1010. The van der Waals surface area contributed by atoms with Crippen LogP contribution in [0.3, 0.4) is 0 Å². The molecule has 0 aromatic heterocycles. The number of ether oxygens (including phenoxy) is 6. The molecule has 204 valence electrons. The van der Waals surface area contributed by atoms with E-state index in [1.54, 1.807) is 4.90 Å². The Morgan fingerprint density at radius 3 is 2.30 bits per heavy atom. The minimum Gasteiger partial charge on any atom is -0.469 e. The molecule has 10 nitrogen and oxygen atoms in total. The smallest absolute Gasteiger partial charge is 0.305 e. The highest BCUT2D eigenvalue weighted by Crippen LogP contribution is 2.51. The van der Waals surface area contributed by atoms with Gasteiger partial charge >= 0.3 is 5.97 Å². The van der Waals surface area contributed by atoms with Gasteiger partial charge in [0.1, 0.15) is 18.3 Å². The molecule has 4 aliphatic heterocycles. The second-order valence-electron chi connectivity index (χ2n) is 11.2. The SMILES string of the molecule is COC(=O)C[C@@H]1[C@H](c2ccccc2)[C@@H](O)[C@@H]2[C@H](OC)C(=O)N2[C@@H]1[C@H]1OC(C)(C)O[C@@H]1[C@H]1COC(C)(C)O1. The van der Waals surface area contributed by atoms with E-state index in [2.05, 4.69) is 0 Å². The number of carbonyl (C=O) groups excluding carboxylic acids is 2. The zero-order valence-electron chi connectivity index (χ0n) is 22.2. The fourth-order valence-electron chi connectivity index (χ4n) is 6.61. The number of hydrogen-bond acceptors (Lipinski definition) is 9. The first-order chi connectivity index (χ1) is 17.5. The van der Waals surface area contributed by atoms with Crippen molar-refractivity contribution in [2.24, 2.45) is 5.92 Å². The van der Waals surface area contributed by atoms with Crippen molar-refractivity contribution in [3.63, 3.8) is 0 Å². The molecule has 4 heterocycles. The van der Waals surface area contributed by atoms with E-state index in [1.807, 2.05) is 58.0 Å². The Balaban J connectivity index is 1.60. The van der Waals surface area contributed by atoms with Crippen LogP contribution in [0.5, 0.6) is 0 Å².